The smallest absolute Gasteiger partial charge is 0.0546 e. The van der Waals surface area contributed by atoms with Crippen LogP contribution in [-0.2, 0) is 5.41 Å². The summed E-state index contributed by atoms with van der Waals surface area (Å²) in [5.41, 5.74) is 16.4. The van der Waals surface area contributed by atoms with Crippen LogP contribution in [0.5, 0.6) is 0 Å². The van der Waals surface area contributed by atoms with E-state index in [1.54, 1.807) is 0 Å². The predicted octanol–water partition coefficient (Wildman–Crippen LogP) is 15.4. The summed E-state index contributed by atoms with van der Waals surface area (Å²) < 4.78 is 2.41. The minimum absolute atomic E-state index is 0.0524. The maximum atomic E-state index is 2.52. The molecule has 11 rings (SSSR count). The number of rotatable bonds is 6. The maximum Gasteiger partial charge on any atom is 0.0546 e. The van der Waals surface area contributed by atoms with Crippen LogP contribution < -0.4 is 4.90 Å². The summed E-state index contributed by atoms with van der Waals surface area (Å²) in [5, 5.41) is 5.04. The number of aromatic nitrogens is 1. The second kappa shape index (κ2) is 13.4. The third kappa shape index (κ3) is 5.46. The minimum atomic E-state index is -0.0524. The molecule has 0 saturated heterocycles. The number of hydrogen-bond acceptors (Lipinski definition) is 1. The molecule has 2 aliphatic carbocycles. The number of nitrogens with zero attached hydrogens (tertiary/aromatic N) is 2. The second-order valence-corrected chi connectivity index (χ2v) is 16.8. The molecule has 0 aliphatic heterocycles. The molecule has 0 amide bonds. The van der Waals surface area contributed by atoms with Crippen LogP contribution >= 0.6 is 0 Å². The Morgan fingerprint density at radius 3 is 1.86 bits per heavy atom. The fourth-order valence-corrected chi connectivity index (χ4v) is 10.3. The van der Waals surface area contributed by atoms with Crippen molar-refractivity contribution in [3.05, 3.63) is 193 Å². The molecule has 2 nitrogen and oxygen atoms in total. The number of benzene rings is 8. The van der Waals surface area contributed by atoms with Gasteiger partial charge in [0.1, 0.15) is 0 Å². The van der Waals surface area contributed by atoms with Gasteiger partial charge in [-0.05, 0) is 118 Å². The van der Waals surface area contributed by atoms with E-state index in [1.807, 2.05) is 0 Å². The Morgan fingerprint density at radius 1 is 0.509 bits per heavy atom. The SMILES string of the molecule is CC1(C)c2ccccc2-c2cc(N(c3ccc(C4CCCCC4)cc3)c3ccc4ccccc4c3-c3ccc(-n4c5ccccc5c5ccccc54)cc3)ccc21. The van der Waals surface area contributed by atoms with Crippen molar-refractivity contribution in [2.24, 2.45) is 0 Å². The first kappa shape index (κ1) is 33.9. The highest BCUT2D eigenvalue weighted by Crippen LogP contribution is 2.52. The van der Waals surface area contributed by atoms with Crippen LogP contribution in [0.4, 0.5) is 17.1 Å². The first-order valence-electron chi connectivity index (χ1n) is 20.8. The molecule has 0 radical (unpaired) electrons. The van der Waals surface area contributed by atoms with Gasteiger partial charge in [-0.1, -0.05) is 154 Å². The van der Waals surface area contributed by atoms with E-state index < -0.39 is 0 Å². The van der Waals surface area contributed by atoms with Crippen LogP contribution in [0.2, 0.25) is 0 Å². The molecule has 0 unspecified atom stereocenters. The molecule has 57 heavy (non-hydrogen) atoms. The highest BCUT2D eigenvalue weighted by Gasteiger charge is 2.35. The van der Waals surface area contributed by atoms with Gasteiger partial charge in [0.2, 0.25) is 0 Å². The molecule has 8 aromatic carbocycles. The number of hydrogen-bond donors (Lipinski definition) is 0. The van der Waals surface area contributed by atoms with Crippen LogP contribution in [0, 0.1) is 0 Å². The van der Waals surface area contributed by atoms with E-state index in [-0.39, 0.29) is 5.41 Å². The summed E-state index contributed by atoms with van der Waals surface area (Å²) in [5.74, 6) is 0.657. The average molecular weight is 735 g/mol. The molecule has 2 heteroatoms. The van der Waals surface area contributed by atoms with Crippen molar-refractivity contribution in [3.63, 3.8) is 0 Å². The Morgan fingerprint density at radius 2 is 1.12 bits per heavy atom. The van der Waals surface area contributed by atoms with E-state index in [0.717, 1.165) is 5.69 Å². The Kier molecular flexibility index (Phi) is 7.96. The monoisotopic (exact) mass is 734 g/mol. The second-order valence-electron chi connectivity index (χ2n) is 16.8. The van der Waals surface area contributed by atoms with Gasteiger partial charge >= 0.3 is 0 Å². The van der Waals surface area contributed by atoms with Gasteiger partial charge in [0.05, 0.1) is 16.7 Å². The molecule has 1 fully saturated rings. The Bertz CT molecular complexity index is 2900. The molecular formula is C55H46N2. The molecule has 0 bridgehead atoms. The van der Waals surface area contributed by atoms with E-state index in [2.05, 4.69) is 199 Å². The van der Waals surface area contributed by atoms with E-state index in [9.17, 15) is 0 Å². The third-order valence-electron chi connectivity index (χ3n) is 13.2. The van der Waals surface area contributed by atoms with Crippen molar-refractivity contribution in [2.75, 3.05) is 4.90 Å². The molecule has 2 aliphatic rings. The van der Waals surface area contributed by atoms with Crippen molar-refractivity contribution >= 4 is 49.6 Å². The molecule has 0 N–H and O–H groups in total. The molecule has 0 spiro atoms. The van der Waals surface area contributed by atoms with E-state index in [0.29, 0.717) is 5.92 Å². The van der Waals surface area contributed by atoms with Crippen molar-refractivity contribution in [2.45, 2.75) is 57.3 Å². The Hall–Kier alpha value is -6.38. The van der Waals surface area contributed by atoms with Gasteiger partial charge in [0.25, 0.3) is 0 Å². The van der Waals surface area contributed by atoms with Gasteiger partial charge in [-0.3, -0.25) is 0 Å². The number of anilines is 3. The van der Waals surface area contributed by atoms with Crippen LogP contribution in [0.15, 0.2) is 176 Å². The van der Waals surface area contributed by atoms with E-state index in [4.69, 9.17) is 0 Å². The van der Waals surface area contributed by atoms with Crippen LogP contribution in [0.1, 0.15) is 68.6 Å². The van der Waals surface area contributed by atoms with E-state index >= 15 is 0 Å². The van der Waals surface area contributed by atoms with Crippen LogP contribution in [0.3, 0.4) is 0 Å². The minimum Gasteiger partial charge on any atom is -0.310 e. The molecule has 0 atom stereocenters. The standard InChI is InChI=1S/C55H46N2/c1-55(2)49-21-11-8-18-45(49)48-36-43(33-34-50(48)55)56(41-29-24-38(25-30-41)37-14-4-3-5-15-37)53-35-28-39-16-6-7-17-44(39)54(53)40-26-31-42(32-27-40)57-51-22-12-9-19-46(51)47-20-10-13-23-52(47)57/h6-13,16-37H,3-5,14-15H2,1-2H3. The molecule has 1 saturated carbocycles. The van der Waals surface area contributed by atoms with Crippen molar-refractivity contribution in [3.8, 4) is 27.9 Å². The lowest BCUT2D eigenvalue weighted by atomic mass is 9.82. The Balaban J connectivity index is 1.11. The van der Waals surface area contributed by atoms with E-state index in [1.165, 1.54) is 121 Å². The predicted molar refractivity (Wildman–Crippen MR) is 242 cm³/mol. The third-order valence-corrected chi connectivity index (χ3v) is 13.2. The van der Waals surface area contributed by atoms with Crippen LogP contribution in [-0.4, -0.2) is 4.57 Å². The highest BCUT2D eigenvalue weighted by molar-refractivity contribution is 6.09. The molecule has 1 aromatic heterocycles. The topological polar surface area (TPSA) is 8.17 Å². The van der Waals surface area contributed by atoms with Gasteiger partial charge in [0, 0.05) is 38.8 Å². The molecule has 276 valence electrons. The molecular weight excluding hydrogens is 689 g/mol. The summed E-state index contributed by atoms with van der Waals surface area (Å²) in [6, 6.07) is 66.0. The average Bonchev–Trinajstić information content (AvgIpc) is 3.72. The summed E-state index contributed by atoms with van der Waals surface area (Å²) in [6.45, 7) is 4.73. The van der Waals surface area contributed by atoms with Crippen molar-refractivity contribution in [1.29, 1.82) is 0 Å². The summed E-state index contributed by atoms with van der Waals surface area (Å²) in [6.07, 6.45) is 6.62. The largest absolute Gasteiger partial charge is 0.310 e. The zero-order valence-corrected chi connectivity index (χ0v) is 32.8. The number of fused-ring (bicyclic) bond motifs is 7. The first-order valence-corrected chi connectivity index (χ1v) is 20.8. The normalized spacial score (nSPS) is 14.9. The highest BCUT2D eigenvalue weighted by atomic mass is 15.1. The van der Waals surface area contributed by atoms with Crippen LogP contribution in [0.25, 0.3) is 60.5 Å². The summed E-state index contributed by atoms with van der Waals surface area (Å²) >= 11 is 0. The maximum absolute atomic E-state index is 2.52. The van der Waals surface area contributed by atoms with Gasteiger partial charge in [-0.2, -0.15) is 0 Å². The van der Waals surface area contributed by atoms with Gasteiger partial charge in [-0.25, -0.2) is 0 Å². The lowest BCUT2D eigenvalue weighted by Crippen LogP contribution is -2.15. The fourth-order valence-electron chi connectivity index (χ4n) is 10.3. The molecule has 1 heterocycles. The van der Waals surface area contributed by atoms with Gasteiger partial charge < -0.3 is 9.47 Å². The van der Waals surface area contributed by atoms with Gasteiger partial charge in [0.15, 0.2) is 0 Å². The summed E-state index contributed by atoms with van der Waals surface area (Å²) in [4.78, 5) is 2.52. The fraction of sp³-hybridized carbons (Fsp3) is 0.164. The quantitative estimate of drug-likeness (QED) is 0.165. The van der Waals surface area contributed by atoms with Crippen molar-refractivity contribution < 1.29 is 0 Å². The zero-order valence-electron chi connectivity index (χ0n) is 32.8. The lowest BCUT2D eigenvalue weighted by molar-refractivity contribution is 0.443. The zero-order chi connectivity index (χ0) is 38.1. The van der Waals surface area contributed by atoms with Crippen molar-refractivity contribution in [1.82, 2.24) is 4.57 Å². The lowest BCUT2D eigenvalue weighted by Gasteiger charge is -2.30. The first-order chi connectivity index (χ1) is 28.0. The molecule has 9 aromatic rings. The summed E-state index contributed by atoms with van der Waals surface area (Å²) in [7, 11) is 0. The number of para-hydroxylation sites is 2. The Labute approximate surface area is 335 Å². The van der Waals surface area contributed by atoms with Gasteiger partial charge in [-0.15, -0.1) is 0 Å².